The van der Waals surface area contributed by atoms with E-state index < -0.39 is 0 Å². The quantitative estimate of drug-likeness (QED) is 0.827. The molecule has 1 aromatic carbocycles. The molecule has 0 unspecified atom stereocenters. The molecule has 1 aliphatic carbocycles. The molecule has 2 N–H and O–H groups in total. The third-order valence-electron chi connectivity index (χ3n) is 2.55. The molecule has 1 saturated carbocycles. The minimum atomic E-state index is -0.325. The summed E-state index contributed by atoms with van der Waals surface area (Å²) in [5.74, 6) is 0.681. The van der Waals surface area contributed by atoms with Crippen LogP contribution in [0.3, 0.4) is 0 Å². The minimum Gasteiger partial charge on any atom is -0.493 e. The van der Waals surface area contributed by atoms with Crippen LogP contribution in [0, 0.1) is 5.82 Å². The Labute approximate surface area is 88.0 Å². The Kier molecular flexibility index (Phi) is 2.77. The standard InChI is InChI=1S/C11H14FNO2/c1-14-10-3-2-7(12)4-11(10)15-9-5-8(13)6-9/h2-4,8-9H,5-6,13H2,1H3. The van der Waals surface area contributed by atoms with E-state index in [2.05, 4.69) is 0 Å². The van der Waals surface area contributed by atoms with Gasteiger partial charge in [0, 0.05) is 12.1 Å². The summed E-state index contributed by atoms with van der Waals surface area (Å²) >= 11 is 0. The molecule has 0 bridgehead atoms. The molecule has 3 nitrogen and oxygen atoms in total. The summed E-state index contributed by atoms with van der Waals surface area (Å²) < 4.78 is 23.6. The lowest BCUT2D eigenvalue weighted by atomic mass is 9.90. The van der Waals surface area contributed by atoms with Crippen LogP contribution in [-0.4, -0.2) is 19.3 Å². The molecule has 0 aliphatic heterocycles. The average Bonchev–Trinajstić information content (AvgIpc) is 2.16. The molecule has 1 aromatic rings. The fraction of sp³-hybridized carbons (Fsp3) is 0.455. The number of methoxy groups -OCH3 is 1. The molecule has 0 spiro atoms. The van der Waals surface area contributed by atoms with Crippen LogP contribution in [0.25, 0.3) is 0 Å². The normalized spacial score (nSPS) is 24.5. The Bertz CT molecular complexity index is 350. The topological polar surface area (TPSA) is 44.5 Å². The second kappa shape index (κ2) is 4.06. The molecule has 15 heavy (non-hydrogen) atoms. The summed E-state index contributed by atoms with van der Waals surface area (Å²) in [6.45, 7) is 0. The molecular weight excluding hydrogens is 197 g/mol. The summed E-state index contributed by atoms with van der Waals surface area (Å²) in [7, 11) is 1.53. The van der Waals surface area contributed by atoms with E-state index >= 15 is 0 Å². The maximum absolute atomic E-state index is 13.0. The first-order chi connectivity index (χ1) is 7.19. The number of hydrogen-bond donors (Lipinski definition) is 1. The van der Waals surface area contributed by atoms with Crippen LogP contribution < -0.4 is 15.2 Å². The SMILES string of the molecule is COc1ccc(F)cc1OC1CC(N)C1. The zero-order valence-corrected chi connectivity index (χ0v) is 8.57. The van der Waals surface area contributed by atoms with Gasteiger partial charge in [0.15, 0.2) is 11.5 Å². The van der Waals surface area contributed by atoms with Crippen molar-refractivity contribution in [1.29, 1.82) is 0 Å². The summed E-state index contributed by atoms with van der Waals surface area (Å²) in [6.07, 6.45) is 1.73. The first-order valence-electron chi connectivity index (χ1n) is 4.95. The van der Waals surface area contributed by atoms with Crippen LogP contribution in [0.5, 0.6) is 11.5 Å². The van der Waals surface area contributed by atoms with E-state index in [0.29, 0.717) is 11.5 Å². The molecule has 0 heterocycles. The van der Waals surface area contributed by atoms with Gasteiger partial charge < -0.3 is 15.2 Å². The van der Waals surface area contributed by atoms with Crippen LogP contribution in [-0.2, 0) is 0 Å². The Morgan fingerprint density at radius 2 is 2.07 bits per heavy atom. The highest BCUT2D eigenvalue weighted by atomic mass is 19.1. The van der Waals surface area contributed by atoms with Gasteiger partial charge in [-0.2, -0.15) is 0 Å². The van der Waals surface area contributed by atoms with Crippen molar-refractivity contribution in [2.24, 2.45) is 5.73 Å². The lowest BCUT2D eigenvalue weighted by Gasteiger charge is -2.32. The highest BCUT2D eigenvalue weighted by Gasteiger charge is 2.28. The van der Waals surface area contributed by atoms with Gasteiger partial charge >= 0.3 is 0 Å². The van der Waals surface area contributed by atoms with Gasteiger partial charge in [0.1, 0.15) is 11.9 Å². The van der Waals surface area contributed by atoms with Crippen LogP contribution in [0.15, 0.2) is 18.2 Å². The van der Waals surface area contributed by atoms with Crippen molar-refractivity contribution in [2.75, 3.05) is 7.11 Å². The Balaban J connectivity index is 2.08. The van der Waals surface area contributed by atoms with Gasteiger partial charge in [0.25, 0.3) is 0 Å². The fourth-order valence-corrected chi connectivity index (χ4v) is 1.62. The van der Waals surface area contributed by atoms with Gasteiger partial charge in [-0.15, -0.1) is 0 Å². The predicted octanol–water partition coefficient (Wildman–Crippen LogP) is 1.70. The molecule has 0 atom stereocenters. The van der Waals surface area contributed by atoms with Gasteiger partial charge in [0.05, 0.1) is 7.11 Å². The number of ether oxygens (including phenoxy) is 2. The predicted molar refractivity (Wildman–Crippen MR) is 54.6 cm³/mol. The molecule has 0 amide bonds. The summed E-state index contributed by atoms with van der Waals surface area (Å²) in [4.78, 5) is 0. The van der Waals surface area contributed by atoms with E-state index in [-0.39, 0.29) is 18.0 Å². The number of nitrogens with two attached hydrogens (primary N) is 1. The monoisotopic (exact) mass is 211 g/mol. The van der Waals surface area contributed by atoms with Gasteiger partial charge in [-0.1, -0.05) is 0 Å². The third kappa shape index (κ3) is 2.21. The number of hydrogen-bond acceptors (Lipinski definition) is 3. The first kappa shape index (κ1) is 10.2. The maximum Gasteiger partial charge on any atom is 0.164 e. The van der Waals surface area contributed by atoms with E-state index in [9.17, 15) is 4.39 Å². The van der Waals surface area contributed by atoms with E-state index in [1.165, 1.54) is 19.2 Å². The summed E-state index contributed by atoms with van der Waals surface area (Å²) in [5, 5.41) is 0. The van der Waals surface area contributed by atoms with Crippen molar-refractivity contribution in [3.05, 3.63) is 24.0 Å². The molecule has 4 heteroatoms. The Morgan fingerprint density at radius 3 is 2.67 bits per heavy atom. The second-order valence-electron chi connectivity index (χ2n) is 3.77. The molecule has 1 fully saturated rings. The molecule has 0 aromatic heterocycles. The van der Waals surface area contributed by atoms with Crippen molar-refractivity contribution in [3.63, 3.8) is 0 Å². The minimum absolute atomic E-state index is 0.0932. The van der Waals surface area contributed by atoms with E-state index in [1.807, 2.05) is 0 Å². The molecule has 0 saturated heterocycles. The zero-order chi connectivity index (χ0) is 10.8. The number of halogens is 1. The average molecular weight is 211 g/mol. The van der Waals surface area contributed by atoms with E-state index in [1.54, 1.807) is 6.07 Å². The van der Waals surface area contributed by atoms with Crippen molar-refractivity contribution in [1.82, 2.24) is 0 Å². The van der Waals surface area contributed by atoms with Gasteiger partial charge in [-0.25, -0.2) is 4.39 Å². The molecule has 82 valence electrons. The number of benzene rings is 1. The Hall–Kier alpha value is -1.29. The molecule has 2 rings (SSSR count). The molecule has 1 aliphatic rings. The highest BCUT2D eigenvalue weighted by Crippen LogP contribution is 2.32. The largest absolute Gasteiger partial charge is 0.493 e. The van der Waals surface area contributed by atoms with Crippen LogP contribution in [0.2, 0.25) is 0 Å². The van der Waals surface area contributed by atoms with E-state index in [4.69, 9.17) is 15.2 Å². The van der Waals surface area contributed by atoms with Crippen molar-refractivity contribution in [2.45, 2.75) is 25.0 Å². The molecular formula is C11H14FNO2. The second-order valence-corrected chi connectivity index (χ2v) is 3.77. The third-order valence-corrected chi connectivity index (χ3v) is 2.55. The maximum atomic E-state index is 13.0. The van der Waals surface area contributed by atoms with Gasteiger partial charge in [-0.3, -0.25) is 0 Å². The lowest BCUT2D eigenvalue weighted by molar-refractivity contribution is 0.0969. The number of rotatable bonds is 3. The fourth-order valence-electron chi connectivity index (χ4n) is 1.62. The summed E-state index contributed by atoms with van der Waals surface area (Å²) in [6, 6.07) is 4.46. The van der Waals surface area contributed by atoms with Crippen LogP contribution >= 0.6 is 0 Å². The van der Waals surface area contributed by atoms with Crippen LogP contribution in [0.1, 0.15) is 12.8 Å². The smallest absolute Gasteiger partial charge is 0.164 e. The van der Waals surface area contributed by atoms with Gasteiger partial charge in [0.2, 0.25) is 0 Å². The molecule has 0 radical (unpaired) electrons. The van der Waals surface area contributed by atoms with Crippen molar-refractivity contribution in [3.8, 4) is 11.5 Å². The van der Waals surface area contributed by atoms with E-state index in [0.717, 1.165) is 12.8 Å². The highest BCUT2D eigenvalue weighted by molar-refractivity contribution is 5.40. The zero-order valence-electron chi connectivity index (χ0n) is 8.57. The summed E-state index contributed by atoms with van der Waals surface area (Å²) in [5.41, 5.74) is 5.64. The lowest BCUT2D eigenvalue weighted by Crippen LogP contribution is -2.43. The van der Waals surface area contributed by atoms with Crippen molar-refractivity contribution >= 4 is 0 Å². The Morgan fingerprint density at radius 1 is 1.33 bits per heavy atom. The van der Waals surface area contributed by atoms with Crippen LogP contribution in [0.4, 0.5) is 4.39 Å². The van der Waals surface area contributed by atoms with Gasteiger partial charge in [-0.05, 0) is 25.0 Å². The first-order valence-corrected chi connectivity index (χ1v) is 4.95. The van der Waals surface area contributed by atoms with Crippen molar-refractivity contribution < 1.29 is 13.9 Å².